The minimum Gasteiger partial charge on any atom is -0.381 e. The first-order valence-corrected chi connectivity index (χ1v) is 9.63. The first-order valence-electron chi connectivity index (χ1n) is 9.25. The van der Waals surface area contributed by atoms with Gasteiger partial charge in [0.1, 0.15) is 5.52 Å². The Morgan fingerprint density at radius 1 is 1.21 bits per heavy atom. The lowest BCUT2D eigenvalue weighted by molar-refractivity contribution is -0.146. The summed E-state index contributed by atoms with van der Waals surface area (Å²) < 4.78 is 45.7. The number of aromatic nitrogens is 4. The topological polar surface area (TPSA) is 64.3 Å². The Labute approximate surface area is 170 Å². The largest absolute Gasteiger partial charge is 0.395 e. The highest BCUT2D eigenvalue weighted by atomic mass is 35.5. The van der Waals surface area contributed by atoms with Crippen molar-refractivity contribution in [2.75, 3.05) is 18.5 Å². The number of halogens is 4. The summed E-state index contributed by atoms with van der Waals surface area (Å²) in [5, 5.41) is 8.00. The third-order valence-electron chi connectivity index (χ3n) is 5.06. The SMILES string of the molecule is CC(c1ccc(-c2nc(Cl)c3cnc(NC4CCOCC4)nn23)cc1)C(F)(F)F. The zero-order chi connectivity index (χ0) is 20.6. The molecule has 0 bridgehead atoms. The summed E-state index contributed by atoms with van der Waals surface area (Å²) in [6.45, 7) is 2.51. The summed E-state index contributed by atoms with van der Waals surface area (Å²) in [5.74, 6) is -0.676. The molecule has 154 valence electrons. The van der Waals surface area contributed by atoms with Gasteiger partial charge in [-0.15, -0.1) is 5.10 Å². The van der Waals surface area contributed by atoms with Crippen molar-refractivity contribution in [3.05, 3.63) is 41.2 Å². The smallest absolute Gasteiger partial charge is 0.381 e. The standard InChI is InChI=1S/C19H19ClF3N5O/c1-11(19(21,22)23)12-2-4-13(5-3-12)17-26-16(20)15-10-24-18(27-28(15)17)25-14-6-8-29-9-7-14/h2-5,10-11,14H,6-9H2,1H3,(H,25,27). The van der Waals surface area contributed by atoms with E-state index in [9.17, 15) is 13.2 Å². The quantitative estimate of drug-likeness (QED) is 0.656. The van der Waals surface area contributed by atoms with Crippen LogP contribution in [0.1, 0.15) is 31.2 Å². The summed E-state index contributed by atoms with van der Waals surface area (Å²) in [6, 6.07) is 6.30. The molecule has 0 aliphatic carbocycles. The van der Waals surface area contributed by atoms with E-state index in [-0.39, 0.29) is 16.8 Å². The molecule has 3 heterocycles. The molecule has 1 N–H and O–H groups in total. The minimum atomic E-state index is -4.29. The number of anilines is 1. The molecule has 29 heavy (non-hydrogen) atoms. The van der Waals surface area contributed by atoms with Crippen molar-refractivity contribution < 1.29 is 17.9 Å². The van der Waals surface area contributed by atoms with E-state index in [1.165, 1.54) is 12.1 Å². The predicted octanol–water partition coefficient (Wildman–Crippen LogP) is 4.70. The number of nitrogens with one attached hydrogen (secondary N) is 1. The third-order valence-corrected chi connectivity index (χ3v) is 5.34. The zero-order valence-corrected chi connectivity index (χ0v) is 16.3. The van der Waals surface area contributed by atoms with Gasteiger partial charge in [-0.25, -0.2) is 14.5 Å². The van der Waals surface area contributed by atoms with E-state index < -0.39 is 12.1 Å². The van der Waals surface area contributed by atoms with Crippen LogP contribution in [0.3, 0.4) is 0 Å². The fourth-order valence-corrected chi connectivity index (χ4v) is 3.45. The molecule has 10 heteroatoms. The molecule has 1 fully saturated rings. The average molecular weight is 426 g/mol. The van der Waals surface area contributed by atoms with Crippen LogP contribution in [0.2, 0.25) is 5.15 Å². The molecular formula is C19H19ClF3N5O. The van der Waals surface area contributed by atoms with Crippen molar-refractivity contribution in [2.45, 2.75) is 37.9 Å². The maximum absolute atomic E-state index is 12.9. The van der Waals surface area contributed by atoms with Crippen LogP contribution in [0.4, 0.5) is 19.1 Å². The Kier molecular flexibility index (Phi) is 5.35. The molecule has 6 nitrogen and oxygen atoms in total. The molecule has 1 aromatic carbocycles. The van der Waals surface area contributed by atoms with Crippen LogP contribution in [0.5, 0.6) is 0 Å². The van der Waals surface area contributed by atoms with Gasteiger partial charge in [-0.1, -0.05) is 35.9 Å². The maximum atomic E-state index is 12.9. The number of hydrogen-bond donors (Lipinski definition) is 1. The lowest BCUT2D eigenvalue weighted by atomic mass is 9.99. The lowest BCUT2D eigenvalue weighted by Crippen LogP contribution is -2.28. The van der Waals surface area contributed by atoms with Crippen LogP contribution in [-0.2, 0) is 4.74 Å². The Hall–Kier alpha value is -2.39. The molecule has 1 saturated heterocycles. The molecule has 1 aliphatic rings. The van der Waals surface area contributed by atoms with Gasteiger partial charge < -0.3 is 10.1 Å². The number of nitrogens with zero attached hydrogens (tertiary/aromatic N) is 4. The van der Waals surface area contributed by atoms with Crippen LogP contribution in [-0.4, -0.2) is 45.0 Å². The number of benzene rings is 1. The molecule has 3 aromatic rings. The minimum absolute atomic E-state index is 0.185. The van der Waals surface area contributed by atoms with Crippen LogP contribution in [0.25, 0.3) is 16.9 Å². The van der Waals surface area contributed by atoms with Gasteiger partial charge in [0.2, 0.25) is 5.95 Å². The Bertz CT molecular complexity index is 999. The van der Waals surface area contributed by atoms with Gasteiger partial charge in [-0.3, -0.25) is 0 Å². The van der Waals surface area contributed by atoms with Gasteiger partial charge in [0.05, 0.1) is 12.1 Å². The van der Waals surface area contributed by atoms with Crippen molar-refractivity contribution in [2.24, 2.45) is 0 Å². The van der Waals surface area contributed by atoms with Crippen molar-refractivity contribution in [3.63, 3.8) is 0 Å². The van der Waals surface area contributed by atoms with Crippen molar-refractivity contribution in [1.82, 2.24) is 19.6 Å². The summed E-state index contributed by atoms with van der Waals surface area (Å²) in [6.07, 6.45) is -0.994. The lowest BCUT2D eigenvalue weighted by Gasteiger charge is -2.22. The first kappa shape index (κ1) is 19.9. The number of hydrogen-bond acceptors (Lipinski definition) is 5. The number of rotatable bonds is 4. The molecule has 0 saturated carbocycles. The van der Waals surface area contributed by atoms with Gasteiger partial charge >= 0.3 is 6.18 Å². The fourth-order valence-electron chi connectivity index (χ4n) is 3.24. The van der Waals surface area contributed by atoms with E-state index in [0.717, 1.165) is 19.8 Å². The van der Waals surface area contributed by atoms with Gasteiger partial charge in [-0.05, 0) is 25.3 Å². The third kappa shape index (κ3) is 4.16. The van der Waals surface area contributed by atoms with Gasteiger partial charge in [0, 0.05) is 24.8 Å². The average Bonchev–Trinajstić information content (AvgIpc) is 3.04. The monoisotopic (exact) mass is 425 g/mol. The van der Waals surface area contributed by atoms with Crippen LogP contribution >= 0.6 is 11.6 Å². The second kappa shape index (κ2) is 7.79. The Morgan fingerprint density at radius 3 is 2.55 bits per heavy atom. The summed E-state index contributed by atoms with van der Waals surface area (Å²) in [5.41, 5.74) is 1.32. The molecule has 1 atom stereocenters. The Morgan fingerprint density at radius 2 is 1.90 bits per heavy atom. The molecule has 1 aliphatic heterocycles. The molecule has 4 rings (SSSR count). The summed E-state index contributed by atoms with van der Waals surface area (Å²) >= 11 is 6.22. The van der Waals surface area contributed by atoms with E-state index in [0.29, 0.717) is 36.1 Å². The van der Waals surface area contributed by atoms with E-state index in [1.807, 2.05) is 0 Å². The molecule has 0 spiro atoms. The highest BCUT2D eigenvalue weighted by Crippen LogP contribution is 2.35. The molecule has 1 unspecified atom stereocenters. The summed E-state index contributed by atoms with van der Waals surface area (Å²) in [4.78, 5) is 8.63. The van der Waals surface area contributed by atoms with E-state index in [2.05, 4.69) is 20.4 Å². The number of ether oxygens (including phenoxy) is 1. The molecular weight excluding hydrogens is 407 g/mol. The molecule has 2 aromatic heterocycles. The second-order valence-electron chi connectivity index (χ2n) is 7.02. The number of imidazole rings is 1. The van der Waals surface area contributed by atoms with E-state index >= 15 is 0 Å². The van der Waals surface area contributed by atoms with Gasteiger partial charge in [-0.2, -0.15) is 13.2 Å². The van der Waals surface area contributed by atoms with E-state index in [1.54, 1.807) is 22.8 Å². The molecule has 0 amide bonds. The Balaban J connectivity index is 1.65. The van der Waals surface area contributed by atoms with Crippen molar-refractivity contribution in [3.8, 4) is 11.4 Å². The van der Waals surface area contributed by atoms with Crippen LogP contribution in [0, 0.1) is 0 Å². The highest BCUT2D eigenvalue weighted by molar-refractivity contribution is 6.32. The first-order chi connectivity index (χ1) is 13.8. The van der Waals surface area contributed by atoms with Gasteiger partial charge in [0.15, 0.2) is 11.0 Å². The van der Waals surface area contributed by atoms with Crippen LogP contribution < -0.4 is 5.32 Å². The van der Waals surface area contributed by atoms with E-state index in [4.69, 9.17) is 16.3 Å². The predicted molar refractivity (Wildman–Crippen MR) is 103 cm³/mol. The highest BCUT2D eigenvalue weighted by Gasteiger charge is 2.36. The normalized spacial score (nSPS) is 16.9. The van der Waals surface area contributed by atoms with Crippen LogP contribution in [0.15, 0.2) is 30.5 Å². The second-order valence-corrected chi connectivity index (χ2v) is 7.38. The maximum Gasteiger partial charge on any atom is 0.395 e. The summed E-state index contributed by atoms with van der Waals surface area (Å²) in [7, 11) is 0. The molecule has 0 radical (unpaired) electrons. The van der Waals surface area contributed by atoms with Crippen molar-refractivity contribution in [1.29, 1.82) is 0 Å². The fraction of sp³-hybridized carbons (Fsp3) is 0.421. The van der Waals surface area contributed by atoms with Gasteiger partial charge in [0.25, 0.3) is 0 Å². The zero-order valence-electron chi connectivity index (χ0n) is 15.6. The number of fused-ring (bicyclic) bond motifs is 1. The van der Waals surface area contributed by atoms with Crippen molar-refractivity contribution >= 4 is 23.1 Å². The number of alkyl halides is 3.